The normalized spacial score (nSPS) is 11.8. The molecule has 0 saturated heterocycles. The van der Waals surface area contributed by atoms with Crippen LogP contribution in [0.5, 0.6) is 11.8 Å². The van der Waals surface area contributed by atoms with E-state index in [2.05, 4.69) is 25.6 Å². The molecule has 0 aliphatic carbocycles. The van der Waals surface area contributed by atoms with Crippen LogP contribution in [0.2, 0.25) is 0 Å². The molecule has 0 unspecified atom stereocenters. The first kappa shape index (κ1) is 29.9. The largest absolute Gasteiger partial charge is 0.424 e. The number of halogens is 5. The SMILES string of the molecule is CN(I)S(=O)(=O)c1ccc(C(F)(F)F)cc1NC(=O)Nc1cnc(Oc2ccc(-c3cc(F)cnc3N)cc2)nc1. The number of nitrogens with zero attached hydrogens (tertiary/aromatic N) is 4. The molecule has 0 radical (unpaired) electrons. The number of hydrogen-bond donors (Lipinski definition) is 3. The van der Waals surface area contributed by atoms with Gasteiger partial charge in [-0.15, -0.1) is 2.52 Å². The number of urea groups is 1. The number of nitrogen functional groups attached to an aromatic ring is 1. The van der Waals surface area contributed by atoms with E-state index in [0.29, 0.717) is 29.0 Å². The van der Waals surface area contributed by atoms with Crippen molar-refractivity contribution in [2.24, 2.45) is 0 Å². The maximum absolute atomic E-state index is 13.5. The van der Waals surface area contributed by atoms with E-state index in [-0.39, 0.29) is 17.5 Å². The number of nitrogens with one attached hydrogen (secondary N) is 2. The van der Waals surface area contributed by atoms with Crippen LogP contribution in [0.4, 0.5) is 39.5 Å². The molecular weight excluding hydrogens is 685 g/mol. The van der Waals surface area contributed by atoms with E-state index in [0.717, 1.165) is 27.2 Å². The Kier molecular flexibility index (Phi) is 8.59. The highest BCUT2D eigenvalue weighted by atomic mass is 127. The lowest BCUT2D eigenvalue weighted by Gasteiger charge is -2.17. The lowest BCUT2D eigenvalue weighted by molar-refractivity contribution is -0.137. The van der Waals surface area contributed by atoms with Gasteiger partial charge in [0.25, 0.3) is 10.0 Å². The van der Waals surface area contributed by atoms with Gasteiger partial charge in [0, 0.05) is 35.5 Å². The van der Waals surface area contributed by atoms with Crippen LogP contribution in [0.25, 0.3) is 11.1 Å². The Morgan fingerprint density at radius 2 is 1.66 bits per heavy atom. The number of rotatable bonds is 7. The lowest BCUT2D eigenvalue weighted by Crippen LogP contribution is -2.24. The van der Waals surface area contributed by atoms with Crippen molar-refractivity contribution in [1.29, 1.82) is 0 Å². The summed E-state index contributed by atoms with van der Waals surface area (Å²) in [5, 5.41) is 4.44. The zero-order chi connectivity index (χ0) is 29.9. The fourth-order valence-electron chi connectivity index (χ4n) is 3.37. The second-order valence-corrected chi connectivity index (χ2v) is 12.2. The minimum Gasteiger partial charge on any atom is -0.424 e. The van der Waals surface area contributed by atoms with E-state index in [1.165, 1.54) is 36.0 Å². The third-order valence-electron chi connectivity index (χ3n) is 5.31. The Bertz CT molecular complexity index is 1690. The highest BCUT2D eigenvalue weighted by Crippen LogP contribution is 2.35. The van der Waals surface area contributed by atoms with Gasteiger partial charge in [0.05, 0.1) is 35.5 Å². The first-order valence-corrected chi connectivity index (χ1v) is 13.6. The van der Waals surface area contributed by atoms with Crippen LogP contribution >= 0.6 is 22.9 Å². The average molecular weight is 703 g/mol. The summed E-state index contributed by atoms with van der Waals surface area (Å²) in [6, 6.07) is 8.36. The van der Waals surface area contributed by atoms with Crippen molar-refractivity contribution in [3.8, 4) is 22.9 Å². The topological polar surface area (TPSA) is 152 Å². The van der Waals surface area contributed by atoms with Gasteiger partial charge in [0.1, 0.15) is 22.3 Å². The van der Waals surface area contributed by atoms with Crippen LogP contribution < -0.4 is 21.1 Å². The quantitative estimate of drug-likeness (QED) is 0.126. The van der Waals surface area contributed by atoms with Crippen molar-refractivity contribution in [3.05, 3.63) is 78.5 Å². The third-order valence-corrected chi connectivity index (χ3v) is 8.44. The third kappa shape index (κ3) is 7.16. The summed E-state index contributed by atoms with van der Waals surface area (Å²) in [7, 11) is -3.02. The standard InChI is InChI=1S/C24H18F4IN7O4S/c1-36(29)41(38,39)20-7-4-14(24(26,27)28)8-19(20)35-22(37)34-16-11-32-23(33-12-16)40-17-5-2-13(3-6-17)18-9-15(25)10-31-21(18)30/h2-12H,1H3,(H2,30,31)(H2,34,35,37). The maximum Gasteiger partial charge on any atom is 0.416 e. The number of alkyl halides is 3. The van der Waals surface area contributed by atoms with E-state index in [9.17, 15) is 30.8 Å². The molecule has 0 atom stereocenters. The average Bonchev–Trinajstić information content (AvgIpc) is 2.91. The van der Waals surface area contributed by atoms with E-state index in [1.54, 1.807) is 24.3 Å². The molecule has 2 aromatic carbocycles. The van der Waals surface area contributed by atoms with Crippen molar-refractivity contribution in [1.82, 2.24) is 17.5 Å². The molecule has 4 rings (SSSR count). The fourth-order valence-corrected chi connectivity index (χ4v) is 4.91. The minimum absolute atomic E-state index is 0.0293. The van der Waals surface area contributed by atoms with Crippen LogP contribution in [0.1, 0.15) is 5.56 Å². The molecule has 0 spiro atoms. The number of pyridine rings is 1. The number of amides is 2. The van der Waals surface area contributed by atoms with Gasteiger partial charge in [0.2, 0.25) is 0 Å². The molecular formula is C24H18F4IN7O4S. The van der Waals surface area contributed by atoms with Gasteiger partial charge in [0.15, 0.2) is 0 Å². The van der Waals surface area contributed by atoms with Crippen molar-refractivity contribution in [3.63, 3.8) is 0 Å². The first-order chi connectivity index (χ1) is 19.2. The lowest BCUT2D eigenvalue weighted by atomic mass is 10.1. The van der Waals surface area contributed by atoms with Crippen LogP contribution in [0, 0.1) is 5.82 Å². The van der Waals surface area contributed by atoms with Crippen LogP contribution in [0.15, 0.2) is 72.0 Å². The molecule has 17 heteroatoms. The first-order valence-electron chi connectivity index (χ1n) is 11.2. The number of aromatic nitrogens is 3. The highest BCUT2D eigenvalue weighted by Gasteiger charge is 2.33. The van der Waals surface area contributed by atoms with Crippen LogP contribution in [0.3, 0.4) is 0 Å². The summed E-state index contributed by atoms with van der Waals surface area (Å²) in [6.45, 7) is 0. The van der Waals surface area contributed by atoms with E-state index in [1.807, 2.05) is 0 Å². The summed E-state index contributed by atoms with van der Waals surface area (Å²) in [6.07, 6.45) is -1.44. The van der Waals surface area contributed by atoms with E-state index >= 15 is 0 Å². The van der Waals surface area contributed by atoms with Crippen molar-refractivity contribution in [2.75, 3.05) is 23.4 Å². The Morgan fingerprint density at radius 1 is 1.00 bits per heavy atom. The number of anilines is 3. The summed E-state index contributed by atoms with van der Waals surface area (Å²) < 4.78 is 84.6. The molecule has 4 aromatic rings. The molecule has 214 valence electrons. The van der Waals surface area contributed by atoms with Crippen LogP contribution in [-0.4, -0.2) is 39.0 Å². The van der Waals surface area contributed by atoms with Gasteiger partial charge >= 0.3 is 18.2 Å². The molecule has 0 bridgehead atoms. The molecule has 2 amide bonds. The van der Waals surface area contributed by atoms with Gasteiger partial charge in [-0.3, -0.25) is 0 Å². The smallest absolute Gasteiger partial charge is 0.416 e. The number of hydrogen-bond acceptors (Lipinski definition) is 8. The van der Waals surface area contributed by atoms with Crippen LogP contribution in [-0.2, 0) is 16.2 Å². The number of ether oxygens (including phenoxy) is 1. The maximum atomic E-state index is 13.5. The summed E-state index contributed by atoms with van der Waals surface area (Å²) >= 11 is 1.45. The Balaban J connectivity index is 1.45. The van der Waals surface area contributed by atoms with Crippen molar-refractivity contribution >= 4 is 56.1 Å². The molecule has 0 aliphatic rings. The number of sulfonamides is 1. The number of nitrogens with two attached hydrogens (primary N) is 1. The number of carbonyl (C=O) groups is 1. The molecule has 0 aliphatic heterocycles. The predicted molar refractivity (Wildman–Crippen MR) is 149 cm³/mol. The molecule has 2 aromatic heterocycles. The molecule has 4 N–H and O–H groups in total. The number of benzene rings is 2. The Labute approximate surface area is 244 Å². The Hall–Kier alpha value is -4.10. The summed E-state index contributed by atoms with van der Waals surface area (Å²) in [5.41, 5.74) is 5.08. The zero-order valence-electron chi connectivity index (χ0n) is 20.6. The predicted octanol–water partition coefficient (Wildman–Crippen LogP) is 5.69. The van der Waals surface area contributed by atoms with Gasteiger partial charge in [-0.2, -0.15) is 13.2 Å². The molecule has 11 nitrogen and oxygen atoms in total. The highest BCUT2D eigenvalue weighted by molar-refractivity contribution is 14.1. The second kappa shape index (κ2) is 11.8. The van der Waals surface area contributed by atoms with Crippen molar-refractivity contribution in [2.45, 2.75) is 11.1 Å². The minimum atomic E-state index is -4.78. The van der Waals surface area contributed by atoms with Gasteiger partial charge < -0.3 is 21.1 Å². The summed E-state index contributed by atoms with van der Waals surface area (Å²) in [5.74, 6) is -0.0636. The monoisotopic (exact) mass is 703 g/mol. The molecule has 2 heterocycles. The molecule has 0 saturated carbocycles. The second-order valence-electron chi connectivity index (χ2n) is 8.15. The number of carbonyl (C=O) groups excluding carboxylic acids is 1. The van der Waals surface area contributed by atoms with Gasteiger partial charge in [-0.25, -0.2) is 32.6 Å². The molecule has 0 fully saturated rings. The Morgan fingerprint density at radius 3 is 2.27 bits per heavy atom. The summed E-state index contributed by atoms with van der Waals surface area (Å²) in [4.78, 5) is 23.7. The zero-order valence-corrected chi connectivity index (χ0v) is 23.6. The van der Waals surface area contributed by atoms with Gasteiger partial charge in [-0.05, 0) is 42.0 Å². The van der Waals surface area contributed by atoms with Gasteiger partial charge in [-0.1, -0.05) is 12.1 Å². The van der Waals surface area contributed by atoms with E-state index < -0.39 is 44.2 Å². The van der Waals surface area contributed by atoms with Crippen molar-refractivity contribution < 1.29 is 35.5 Å². The fraction of sp³-hybridized carbons (Fsp3) is 0.0833. The molecule has 41 heavy (non-hydrogen) atoms. The van der Waals surface area contributed by atoms with E-state index in [4.69, 9.17) is 10.5 Å².